The summed E-state index contributed by atoms with van der Waals surface area (Å²) >= 11 is 5.73. The molecular formula is C10H16ClN3. The summed E-state index contributed by atoms with van der Waals surface area (Å²) in [6, 6.07) is 4.15. The molecule has 0 amide bonds. The number of hydrogen-bond acceptors (Lipinski definition) is 3. The predicted octanol–water partition coefficient (Wildman–Crippen LogP) is 2.54. The van der Waals surface area contributed by atoms with Crippen molar-refractivity contribution in [3.05, 3.63) is 18.3 Å². The zero-order chi connectivity index (χ0) is 10.4. The van der Waals surface area contributed by atoms with Crippen molar-refractivity contribution in [3.8, 4) is 0 Å². The molecule has 0 bridgehead atoms. The topological polar surface area (TPSA) is 37.8 Å². The molecular weight excluding hydrogens is 198 g/mol. The average Bonchev–Trinajstić information content (AvgIpc) is 2.18. The Hall–Kier alpha value is -0.830. The van der Waals surface area contributed by atoms with Crippen molar-refractivity contribution < 1.29 is 0 Å². The zero-order valence-electron chi connectivity index (χ0n) is 8.57. The minimum atomic E-state index is 0.365. The molecule has 1 aromatic rings. The summed E-state index contributed by atoms with van der Waals surface area (Å²) in [4.78, 5) is 0. The van der Waals surface area contributed by atoms with Crippen LogP contribution in [0.4, 0.5) is 5.82 Å². The Balaban J connectivity index is 2.55. The van der Waals surface area contributed by atoms with Gasteiger partial charge in [0.2, 0.25) is 0 Å². The monoisotopic (exact) mass is 213 g/mol. The molecule has 0 aliphatic carbocycles. The molecule has 1 aromatic heterocycles. The van der Waals surface area contributed by atoms with Crippen LogP contribution < -0.4 is 5.32 Å². The van der Waals surface area contributed by atoms with Crippen molar-refractivity contribution in [1.29, 1.82) is 0 Å². The third-order valence-corrected chi connectivity index (χ3v) is 2.35. The van der Waals surface area contributed by atoms with Crippen molar-refractivity contribution in [1.82, 2.24) is 10.2 Å². The summed E-state index contributed by atoms with van der Waals surface area (Å²) in [5, 5.41) is 11.1. The van der Waals surface area contributed by atoms with E-state index in [0.717, 1.165) is 12.2 Å². The molecule has 1 rings (SSSR count). The zero-order valence-corrected chi connectivity index (χ0v) is 9.33. The first kappa shape index (κ1) is 11.2. The van der Waals surface area contributed by atoms with Gasteiger partial charge >= 0.3 is 0 Å². The quantitative estimate of drug-likeness (QED) is 0.764. The fraction of sp³-hybridized carbons (Fsp3) is 0.600. The standard InChI is InChI=1S/C10H16ClN3/c1-8(2)9(5-6-11)13-10-4-3-7-12-14-10/h3-4,7-9H,5-6H2,1-2H3,(H,13,14). The fourth-order valence-corrected chi connectivity index (χ4v) is 1.49. The van der Waals surface area contributed by atoms with Crippen LogP contribution in [0.5, 0.6) is 0 Å². The predicted molar refractivity (Wildman–Crippen MR) is 59.6 cm³/mol. The molecule has 0 aromatic carbocycles. The Kier molecular flexibility index (Phi) is 4.66. The van der Waals surface area contributed by atoms with Crippen LogP contribution in [0.1, 0.15) is 20.3 Å². The van der Waals surface area contributed by atoms with Gasteiger partial charge in [0.1, 0.15) is 5.82 Å². The van der Waals surface area contributed by atoms with Crippen LogP contribution in [-0.4, -0.2) is 22.1 Å². The minimum absolute atomic E-state index is 0.365. The van der Waals surface area contributed by atoms with Gasteiger partial charge in [-0.25, -0.2) is 0 Å². The number of nitrogens with zero attached hydrogens (tertiary/aromatic N) is 2. The van der Waals surface area contributed by atoms with E-state index >= 15 is 0 Å². The summed E-state index contributed by atoms with van der Waals surface area (Å²) in [5.74, 6) is 2.02. The molecule has 78 valence electrons. The van der Waals surface area contributed by atoms with Crippen molar-refractivity contribution in [2.24, 2.45) is 5.92 Å². The highest BCUT2D eigenvalue weighted by atomic mass is 35.5. The number of nitrogens with one attached hydrogen (secondary N) is 1. The fourth-order valence-electron chi connectivity index (χ4n) is 1.26. The lowest BCUT2D eigenvalue weighted by Crippen LogP contribution is -2.26. The number of anilines is 1. The largest absolute Gasteiger partial charge is 0.366 e. The van der Waals surface area contributed by atoms with Crippen LogP contribution in [0, 0.1) is 5.92 Å². The van der Waals surface area contributed by atoms with E-state index in [-0.39, 0.29) is 0 Å². The molecule has 0 aliphatic rings. The van der Waals surface area contributed by atoms with Gasteiger partial charge < -0.3 is 5.32 Å². The van der Waals surface area contributed by atoms with Crippen LogP contribution >= 0.6 is 11.6 Å². The highest BCUT2D eigenvalue weighted by Gasteiger charge is 2.12. The summed E-state index contributed by atoms with van der Waals surface area (Å²) in [6.07, 6.45) is 2.60. The van der Waals surface area contributed by atoms with E-state index in [0.29, 0.717) is 17.8 Å². The van der Waals surface area contributed by atoms with E-state index in [1.165, 1.54) is 0 Å². The highest BCUT2D eigenvalue weighted by Crippen LogP contribution is 2.12. The second kappa shape index (κ2) is 5.81. The number of hydrogen-bond donors (Lipinski definition) is 1. The van der Waals surface area contributed by atoms with Crippen LogP contribution in [0.15, 0.2) is 18.3 Å². The van der Waals surface area contributed by atoms with E-state index in [1.807, 2.05) is 12.1 Å². The average molecular weight is 214 g/mol. The summed E-state index contributed by atoms with van der Waals surface area (Å²) < 4.78 is 0. The Labute approximate surface area is 89.9 Å². The van der Waals surface area contributed by atoms with Crippen LogP contribution in [0.2, 0.25) is 0 Å². The van der Waals surface area contributed by atoms with Gasteiger partial charge in [-0.3, -0.25) is 0 Å². The number of rotatable bonds is 5. The Morgan fingerprint density at radius 3 is 2.79 bits per heavy atom. The Bertz CT molecular complexity index is 251. The van der Waals surface area contributed by atoms with Gasteiger partial charge in [0.15, 0.2) is 0 Å². The highest BCUT2D eigenvalue weighted by molar-refractivity contribution is 6.17. The molecule has 1 heterocycles. The second-order valence-electron chi connectivity index (χ2n) is 3.58. The van der Waals surface area contributed by atoms with Gasteiger partial charge in [-0.15, -0.1) is 16.7 Å². The van der Waals surface area contributed by atoms with Gasteiger partial charge in [0, 0.05) is 18.1 Å². The molecule has 0 fully saturated rings. The van der Waals surface area contributed by atoms with Crippen LogP contribution in [-0.2, 0) is 0 Å². The molecule has 3 nitrogen and oxygen atoms in total. The van der Waals surface area contributed by atoms with E-state index in [9.17, 15) is 0 Å². The smallest absolute Gasteiger partial charge is 0.148 e. The normalized spacial score (nSPS) is 12.9. The lowest BCUT2D eigenvalue weighted by Gasteiger charge is -2.21. The molecule has 14 heavy (non-hydrogen) atoms. The maximum Gasteiger partial charge on any atom is 0.148 e. The molecule has 1 N–H and O–H groups in total. The maximum atomic E-state index is 5.73. The third kappa shape index (κ3) is 3.50. The molecule has 4 heteroatoms. The molecule has 0 spiro atoms. The van der Waals surface area contributed by atoms with Crippen LogP contribution in [0.25, 0.3) is 0 Å². The minimum Gasteiger partial charge on any atom is -0.366 e. The van der Waals surface area contributed by atoms with Gasteiger partial charge in [0.05, 0.1) is 0 Å². The van der Waals surface area contributed by atoms with E-state index < -0.39 is 0 Å². The third-order valence-electron chi connectivity index (χ3n) is 2.13. The molecule has 1 unspecified atom stereocenters. The van der Waals surface area contributed by atoms with E-state index in [4.69, 9.17) is 11.6 Å². The molecule has 1 atom stereocenters. The van der Waals surface area contributed by atoms with Gasteiger partial charge in [-0.05, 0) is 24.5 Å². The Morgan fingerprint density at radius 2 is 2.29 bits per heavy atom. The SMILES string of the molecule is CC(C)C(CCCl)Nc1cccnn1. The number of halogens is 1. The first-order valence-electron chi connectivity index (χ1n) is 4.84. The molecule has 0 radical (unpaired) electrons. The van der Waals surface area contributed by atoms with Crippen molar-refractivity contribution in [2.45, 2.75) is 26.3 Å². The number of aromatic nitrogens is 2. The van der Waals surface area contributed by atoms with Gasteiger partial charge in [-0.1, -0.05) is 13.8 Å². The van der Waals surface area contributed by atoms with Crippen molar-refractivity contribution >= 4 is 17.4 Å². The first-order valence-corrected chi connectivity index (χ1v) is 5.37. The first-order chi connectivity index (χ1) is 6.74. The number of alkyl halides is 1. The molecule has 0 saturated heterocycles. The lowest BCUT2D eigenvalue weighted by molar-refractivity contribution is 0.511. The van der Waals surface area contributed by atoms with E-state index in [1.54, 1.807) is 6.20 Å². The van der Waals surface area contributed by atoms with Crippen molar-refractivity contribution in [2.75, 3.05) is 11.2 Å². The summed E-state index contributed by atoms with van der Waals surface area (Å²) in [5.41, 5.74) is 0. The molecule has 0 saturated carbocycles. The Morgan fingerprint density at radius 1 is 1.50 bits per heavy atom. The lowest BCUT2D eigenvalue weighted by atomic mass is 10.0. The second-order valence-corrected chi connectivity index (χ2v) is 3.96. The maximum absolute atomic E-state index is 5.73. The van der Waals surface area contributed by atoms with E-state index in [2.05, 4.69) is 29.4 Å². The summed E-state index contributed by atoms with van der Waals surface area (Å²) in [7, 11) is 0. The van der Waals surface area contributed by atoms with Crippen molar-refractivity contribution in [3.63, 3.8) is 0 Å². The van der Waals surface area contributed by atoms with Gasteiger partial charge in [0.25, 0.3) is 0 Å². The van der Waals surface area contributed by atoms with Crippen LogP contribution in [0.3, 0.4) is 0 Å². The molecule has 0 aliphatic heterocycles. The summed E-state index contributed by atoms with van der Waals surface area (Å²) in [6.45, 7) is 4.33. The van der Waals surface area contributed by atoms with Gasteiger partial charge in [-0.2, -0.15) is 5.10 Å².